The van der Waals surface area contributed by atoms with E-state index >= 15 is 0 Å². The number of likely N-dealkylation sites (N-methyl/N-ethyl adjacent to an activating group) is 1. The van der Waals surface area contributed by atoms with E-state index in [1.165, 1.54) is 31.2 Å². The van der Waals surface area contributed by atoms with Gasteiger partial charge in [0.15, 0.2) is 6.61 Å². The maximum atomic E-state index is 13.0. The minimum atomic E-state index is -0.804. The molecule has 0 aliphatic heterocycles. The van der Waals surface area contributed by atoms with E-state index in [9.17, 15) is 19.2 Å². The fourth-order valence-corrected chi connectivity index (χ4v) is 5.97. The third-order valence-corrected chi connectivity index (χ3v) is 7.31. The quantitative estimate of drug-likeness (QED) is 0.571. The van der Waals surface area contributed by atoms with Crippen LogP contribution in [-0.4, -0.2) is 60.9 Å². The summed E-state index contributed by atoms with van der Waals surface area (Å²) in [5.41, 5.74) is -0.325. The molecule has 5 aliphatic rings. The van der Waals surface area contributed by atoms with Crippen molar-refractivity contribution in [1.29, 1.82) is 0 Å². The summed E-state index contributed by atoms with van der Waals surface area (Å²) in [6.45, 7) is 1.09. The zero-order chi connectivity index (χ0) is 21.5. The molecule has 1 atom stereocenters. The Balaban J connectivity index is 1.21. The smallest absolute Gasteiger partial charge is 0.328 e. The summed E-state index contributed by atoms with van der Waals surface area (Å²) in [6, 6.07) is -0.570. The van der Waals surface area contributed by atoms with E-state index in [0.717, 1.165) is 32.1 Å². The maximum absolute atomic E-state index is 13.0. The highest BCUT2D eigenvalue weighted by Gasteiger charge is 2.54. The SMILES string of the molecule is C[C@H](NC(=O)C12CC3CC(CC(C3)C1)C2)C(=O)OCC(=O)N(C)CC(=O)NC1CC1. The molecule has 0 aromatic carbocycles. The summed E-state index contributed by atoms with van der Waals surface area (Å²) in [4.78, 5) is 50.5. The Morgan fingerprint density at radius 1 is 1.03 bits per heavy atom. The lowest BCUT2D eigenvalue weighted by Crippen LogP contribution is -2.56. The van der Waals surface area contributed by atoms with Crippen molar-refractivity contribution in [2.24, 2.45) is 23.2 Å². The van der Waals surface area contributed by atoms with Gasteiger partial charge in [-0.05, 0) is 76.0 Å². The monoisotopic (exact) mass is 419 g/mol. The van der Waals surface area contributed by atoms with Gasteiger partial charge in [-0.15, -0.1) is 0 Å². The van der Waals surface area contributed by atoms with Crippen LogP contribution >= 0.6 is 0 Å². The Morgan fingerprint density at radius 2 is 1.60 bits per heavy atom. The molecule has 5 aliphatic carbocycles. The molecule has 8 heteroatoms. The second kappa shape index (κ2) is 8.19. The highest BCUT2D eigenvalue weighted by atomic mass is 16.5. The standard InChI is InChI=1S/C22H33N3O5/c1-13(20(28)30-12-19(27)25(2)11-18(26)24-17-3-4-17)23-21(29)22-8-14-5-15(9-22)7-16(6-14)10-22/h13-17H,3-12H2,1-2H3,(H,23,29)(H,24,26)/t13-,14?,15?,16?,22?/m0/s1. The van der Waals surface area contributed by atoms with Gasteiger partial charge in [0.2, 0.25) is 11.8 Å². The van der Waals surface area contributed by atoms with Crippen molar-refractivity contribution in [3.8, 4) is 0 Å². The summed E-state index contributed by atoms with van der Waals surface area (Å²) < 4.78 is 5.10. The first-order chi connectivity index (χ1) is 14.2. The average molecular weight is 420 g/mol. The first-order valence-electron chi connectivity index (χ1n) is 11.2. The second-order valence-corrected chi connectivity index (χ2v) is 10.1. The third kappa shape index (κ3) is 4.62. The molecule has 5 saturated carbocycles. The summed E-state index contributed by atoms with van der Waals surface area (Å²) in [5.74, 6) is 0.617. The van der Waals surface area contributed by atoms with Gasteiger partial charge in [-0.1, -0.05) is 0 Å². The third-order valence-electron chi connectivity index (χ3n) is 7.31. The molecule has 0 aromatic rings. The van der Waals surface area contributed by atoms with E-state index in [1.807, 2.05) is 0 Å². The molecule has 0 heterocycles. The van der Waals surface area contributed by atoms with Crippen molar-refractivity contribution in [3.63, 3.8) is 0 Å². The number of rotatable bonds is 8. The molecule has 3 amide bonds. The van der Waals surface area contributed by atoms with Crippen LogP contribution in [-0.2, 0) is 23.9 Å². The average Bonchev–Trinajstić information content (AvgIpc) is 3.48. The van der Waals surface area contributed by atoms with E-state index in [4.69, 9.17) is 4.74 Å². The molecular formula is C22H33N3O5. The van der Waals surface area contributed by atoms with Gasteiger partial charge in [0.1, 0.15) is 6.04 Å². The molecule has 166 valence electrons. The number of carbonyl (C=O) groups excluding carboxylic acids is 4. The minimum absolute atomic E-state index is 0.0359. The largest absolute Gasteiger partial charge is 0.454 e. The van der Waals surface area contributed by atoms with Gasteiger partial charge in [-0.2, -0.15) is 0 Å². The van der Waals surface area contributed by atoms with Gasteiger partial charge in [0, 0.05) is 18.5 Å². The van der Waals surface area contributed by atoms with E-state index in [-0.39, 0.29) is 29.8 Å². The number of ether oxygens (including phenoxy) is 1. The van der Waals surface area contributed by atoms with Gasteiger partial charge in [-0.25, -0.2) is 4.79 Å². The van der Waals surface area contributed by atoms with Crippen LogP contribution < -0.4 is 10.6 Å². The highest BCUT2D eigenvalue weighted by Crippen LogP contribution is 2.60. The summed E-state index contributed by atoms with van der Waals surface area (Å²) in [6.07, 6.45) is 8.49. The van der Waals surface area contributed by atoms with E-state index in [2.05, 4.69) is 10.6 Å². The van der Waals surface area contributed by atoms with E-state index < -0.39 is 24.5 Å². The molecule has 0 spiro atoms. The Labute approximate surface area is 177 Å². The normalized spacial score (nSPS) is 32.3. The van der Waals surface area contributed by atoms with Gasteiger partial charge in [-0.3, -0.25) is 14.4 Å². The Bertz CT molecular complexity index is 697. The van der Waals surface area contributed by atoms with Crippen LogP contribution in [0.25, 0.3) is 0 Å². The number of amides is 3. The molecule has 8 nitrogen and oxygen atoms in total. The van der Waals surface area contributed by atoms with Gasteiger partial charge in [0.25, 0.3) is 5.91 Å². The molecule has 4 bridgehead atoms. The van der Waals surface area contributed by atoms with Crippen LogP contribution in [0.3, 0.4) is 0 Å². The molecule has 5 rings (SSSR count). The number of hydrogen-bond acceptors (Lipinski definition) is 5. The van der Waals surface area contributed by atoms with E-state index in [1.54, 1.807) is 6.92 Å². The first-order valence-corrected chi connectivity index (χ1v) is 11.2. The summed E-state index contributed by atoms with van der Waals surface area (Å²) >= 11 is 0. The van der Waals surface area contributed by atoms with Crippen LogP contribution in [0.2, 0.25) is 0 Å². The predicted octanol–water partition coefficient (Wildman–Crippen LogP) is 0.988. The van der Waals surface area contributed by atoms with Crippen molar-refractivity contribution < 1.29 is 23.9 Å². The molecule has 0 radical (unpaired) electrons. The Morgan fingerprint density at radius 3 is 2.13 bits per heavy atom. The molecule has 5 fully saturated rings. The van der Waals surface area contributed by atoms with E-state index in [0.29, 0.717) is 17.8 Å². The Hall–Kier alpha value is -2.12. The number of nitrogens with one attached hydrogen (secondary N) is 2. The second-order valence-electron chi connectivity index (χ2n) is 10.1. The number of nitrogens with zero attached hydrogens (tertiary/aromatic N) is 1. The van der Waals surface area contributed by atoms with Gasteiger partial charge in [0.05, 0.1) is 6.54 Å². The molecule has 0 unspecified atom stereocenters. The lowest BCUT2D eigenvalue weighted by molar-refractivity contribution is -0.157. The minimum Gasteiger partial charge on any atom is -0.454 e. The maximum Gasteiger partial charge on any atom is 0.328 e. The lowest BCUT2D eigenvalue weighted by Gasteiger charge is -2.55. The lowest BCUT2D eigenvalue weighted by atomic mass is 9.49. The van der Waals surface area contributed by atoms with Crippen LogP contribution in [0.15, 0.2) is 0 Å². The zero-order valence-corrected chi connectivity index (χ0v) is 17.9. The van der Waals surface area contributed by atoms with Gasteiger partial charge >= 0.3 is 5.97 Å². The number of carbonyl (C=O) groups is 4. The van der Waals surface area contributed by atoms with Crippen molar-refractivity contribution in [2.45, 2.75) is 70.4 Å². The Kier molecular flexibility index (Phi) is 5.77. The number of esters is 1. The van der Waals surface area contributed by atoms with Crippen LogP contribution in [0.5, 0.6) is 0 Å². The molecule has 0 aromatic heterocycles. The first kappa shape index (κ1) is 21.1. The molecule has 0 saturated heterocycles. The van der Waals surface area contributed by atoms with Crippen molar-refractivity contribution in [2.75, 3.05) is 20.2 Å². The molecule has 2 N–H and O–H groups in total. The summed E-state index contributed by atoms with van der Waals surface area (Å²) in [5, 5.41) is 5.66. The van der Waals surface area contributed by atoms with Crippen LogP contribution in [0, 0.1) is 23.2 Å². The molecule has 30 heavy (non-hydrogen) atoms. The van der Waals surface area contributed by atoms with Crippen LogP contribution in [0.1, 0.15) is 58.3 Å². The van der Waals surface area contributed by atoms with Crippen molar-refractivity contribution in [3.05, 3.63) is 0 Å². The zero-order valence-electron chi connectivity index (χ0n) is 17.9. The van der Waals surface area contributed by atoms with Crippen molar-refractivity contribution in [1.82, 2.24) is 15.5 Å². The topological polar surface area (TPSA) is 105 Å². The summed E-state index contributed by atoms with van der Waals surface area (Å²) in [7, 11) is 1.50. The fourth-order valence-electron chi connectivity index (χ4n) is 5.97. The predicted molar refractivity (Wildman–Crippen MR) is 108 cm³/mol. The molecular weight excluding hydrogens is 386 g/mol. The van der Waals surface area contributed by atoms with Crippen molar-refractivity contribution >= 4 is 23.7 Å². The van der Waals surface area contributed by atoms with Crippen LogP contribution in [0.4, 0.5) is 0 Å². The fraction of sp³-hybridized carbons (Fsp3) is 0.818. The number of hydrogen-bond donors (Lipinski definition) is 2. The highest BCUT2D eigenvalue weighted by molar-refractivity contribution is 5.90. The van der Waals surface area contributed by atoms with Gasteiger partial charge < -0.3 is 20.3 Å².